The van der Waals surface area contributed by atoms with Gasteiger partial charge >= 0.3 is 0 Å². The van der Waals surface area contributed by atoms with Crippen LogP contribution in [-0.2, 0) is 6.42 Å². The highest BCUT2D eigenvalue weighted by atomic mass is 16.5. The van der Waals surface area contributed by atoms with E-state index in [4.69, 9.17) is 10.5 Å². The van der Waals surface area contributed by atoms with Crippen molar-refractivity contribution in [1.82, 2.24) is 4.90 Å². The molecule has 1 saturated heterocycles. The number of likely N-dealkylation sites (tertiary alicyclic amines) is 1. The number of benzene rings is 1. The molecule has 3 heteroatoms. The van der Waals surface area contributed by atoms with Gasteiger partial charge in [0.2, 0.25) is 0 Å². The van der Waals surface area contributed by atoms with Crippen molar-refractivity contribution in [3.63, 3.8) is 0 Å². The van der Waals surface area contributed by atoms with Gasteiger partial charge in [0.25, 0.3) is 0 Å². The number of hydrogen-bond acceptors (Lipinski definition) is 3. The van der Waals surface area contributed by atoms with E-state index in [2.05, 4.69) is 18.0 Å². The Kier molecular flexibility index (Phi) is 3.34. The standard InChI is InChI=1S/C13H20N2O/c1-15-7-3-4-11(15)8-10-5-6-12(16-2)9-13(10)14/h5-6,9,11H,3-4,7-8,14H2,1-2H3. The molecule has 88 valence electrons. The van der Waals surface area contributed by atoms with Gasteiger partial charge in [-0.3, -0.25) is 0 Å². The molecule has 0 aliphatic carbocycles. The molecule has 1 aliphatic heterocycles. The van der Waals surface area contributed by atoms with E-state index in [9.17, 15) is 0 Å². The van der Waals surface area contributed by atoms with Crippen LogP contribution in [0.15, 0.2) is 18.2 Å². The maximum Gasteiger partial charge on any atom is 0.120 e. The van der Waals surface area contributed by atoms with Crippen LogP contribution in [0.1, 0.15) is 18.4 Å². The molecule has 0 aromatic heterocycles. The molecule has 16 heavy (non-hydrogen) atoms. The summed E-state index contributed by atoms with van der Waals surface area (Å²) in [6.07, 6.45) is 3.63. The second-order valence-corrected chi connectivity index (χ2v) is 4.55. The minimum Gasteiger partial charge on any atom is -0.497 e. The summed E-state index contributed by atoms with van der Waals surface area (Å²) in [7, 11) is 3.86. The van der Waals surface area contributed by atoms with Crippen molar-refractivity contribution < 1.29 is 4.74 Å². The first-order chi connectivity index (χ1) is 7.70. The summed E-state index contributed by atoms with van der Waals surface area (Å²) < 4.78 is 5.15. The smallest absolute Gasteiger partial charge is 0.120 e. The molecule has 2 N–H and O–H groups in total. The fourth-order valence-electron chi connectivity index (χ4n) is 2.38. The first-order valence-corrected chi connectivity index (χ1v) is 5.83. The van der Waals surface area contributed by atoms with E-state index in [1.807, 2.05) is 12.1 Å². The van der Waals surface area contributed by atoms with Gasteiger partial charge in [-0.25, -0.2) is 0 Å². The Morgan fingerprint density at radius 2 is 2.31 bits per heavy atom. The molecule has 1 atom stereocenters. The maximum atomic E-state index is 6.02. The average Bonchev–Trinajstić information content (AvgIpc) is 2.67. The number of nitrogens with two attached hydrogens (primary N) is 1. The lowest BCUT2D eigenvalue weighted by molar-refractivity contribution is 0.309. The van der Waals surface area contributed by atoms with Crippen molar-refractivity contribution in [2.45, 2.75) is 25.3 Å². The van der Waals surface area contributed by atoms with E-state index in [0.717, 1.165) is 17.9 Å². The van der Waals surface area contributed by atoms with Gasteiger partial charge in [-0.1, -0.05) is 6.07 Å². The van der Waals surface area contributed by atoms with E-state index in [0.29, 0.717) is 6.04 Å². The summed E-state index contributed by atoms with van der Waals surface area (Å²) in [6.45, 7) is 1.21. The Morgan fingerprint density at radius 3 is 2.88 bits per heavy atom. The third-order valence-corrected chi connectivity index (χ3v) is 3.48. The topological polar surface area (TPSA) is 38.5 Å². The average molecular weight is 220 g/mol. The molecule has 1 fully saturated rings. The monoisotopic (exact) mass is 220 g/mol. The zero-order chi connectivity index (χ0) is 11.5. The van der Waals surface area contributed by atoms with Gasteiger partial charge in [0.15, 0.2) is 0 Å². The molecule has 0 amide bonds. The summed E-state index contributed by atoms with van der Waals surface area (Å²) in [5, 5.41) is 0. The number of nitrogens with zero attached hydrogens (tertiary/aromatic N) is 1. The highest BCUT2D eigenvalue weighted by Gasteiger charge is 2.21. The molecular weight excluding hydrogens is 200 g/mol. The Labute approximate surface area is 97.2 Å². The number of methoxy groups -OCH3 is 1. The summed E-state index contributed by atoms with van der Waals surface area (Å²) >= 11 is 0. The van der Waals surface area contributed by atoms with Crippen LogP contribution in [0.2, 0.25) is 0 Å². The van der Waals surface area contributed by atoms with Gasteiger partial charge in [0, 0.05) is 17.8 Å². The Hall–Kier alpha value is -1.22. The van der Waals surface area contributed by atoms with E-state index in [1.54, 1.807) is 7.11 Å². The first-order valence-electron chi connectivity index (χ1n) is 5.83. The highest BCUT2D eigenvalue weighted by molar-refractivity contribution is 5.51. The molecule has 1 unspecified atom stereocenters. The molecule has 1 heterocycles. The van der Waals surface area contributed by atoms with Crippen LogP contribution in [-0.4, -0.2) is 31.6 Å². The SMILES string of the molecule is COc1ccc(CC2CCCN2C)c(N)c1. The van der Waals surface area contributed by atoms with Crippen LogP contribution in [0.4, 0.5) is 5.69 Å². The minimum atomic E-state index is 0.649. The molecule has 0 radical (unpaired) electrons. The fourth-order valence-corrected chi connectivity index (χ4v) is 2.38. The number of likely N-dealkylation sites (N-methyl/N-ethyl adjacent to an activating group) is 1. The Bertz CT molecular complexity index is 365. The van der Waals surface area contributed by atoms with Gasteiger partial charge in [-0.05, 0) is 44.5 Å². The molecule has 1 aromatic carbocycles. The predicted octanol–water partition coefficient (Wildman–Crippen LogP) is 1.91. The third-order valence-electron chi connectivity index (χ3n) is 3.48. The lowest BCUT2D eigenvalue weighted by atomic mass is 10.0. The van der Waals surface area contributed by atoms with Gasteiger partial charge in [-0.2, -0.15) is 0 Å². The number of rotatable bonds is 3. The molecule has 0 saturated carbocycles. The van der Waals surface area contributed by atoms with E-state index in [1.165, 1.54) is 24.9 Å². The third kappa shape index (κ3) is 2.30. The van der Waals surface area contributed by atoms with Gasteiger partial charge < -0.3 is 15.4 Å². The summed E-state index contributed by atoms with van der Waals surface area (Å²) in [4.78, 5) is 2.42. The highest BCUT2D eigenvalue weighted by Crippen LogP contribution is 2.25. The lowest BCUT2D eigenvalue weighted by Crippen LogP contribution is -2.27. The fraction of sp³-hybridized carbons (Fsp3) is 0.538. The van der Waals surface area contributed by atoms with Crippen molar-refractivity contribution in [2.24, 2.45) is 0 Å². The van der Waals surface area contributed by atoms with Gasteiger partial charge in [0.05, 0.1) is 7.11 Å². The second-order valence-electron chi connectivity index (χ2n) is 4.55. The lowest BCUT2D eigenvalue weighted by Gasteiger charge is -2.20. The molecule has 2 rings (SSSR count). The first kappa shape index (κ1) is 11.3. The van der Waals surface area contributed by atoms with Crippen LogP contribution in [0.5, 0.6) is 5.75 Å². The van der Waals surface area contributed by atoms with Crippen molar-refractivity contribution in [3.05, 3.63) is 23.8 Å². The molecule has 1 aliphatic rings. The molecule has 3 nitrogen and oxygen atoms in total. The molecular formula is C13H20N2O. The van der Waals surface area contributed by atoms with Crippen molar-refractivity contribution in [1.29, 1.82) is 0 Å². The Morgan fingerprint density at radius 1 is 1.50 bits per heavy atom. The normalized spacial score (nSPS) is 21.2. The number of anilines is 1. The summed E-state index contributed by atoms with van der Waals surface area (Å²) in [6, 6.07) is 6.63. The zero-order valence-corrected chi connectivity index (χ0v) is 10.1. The Balaban J connectivity index is 2.09. The second kappa shape index (κ2) is 4.74. The largest absolute Gasteiger partial charge is 0.497 e. The summed E-state index contributed by atoms with van der Waals surface area (Å²) in [5.41, 5.74) is 8.10. The molecule has 0 spiro atoms. The number of ether oxygens (including phenoxy) is 1. The van der Waals surface area contributed by atoms with Crippen molar-refractivity contribution in [3.8, 4) is 5.75 Å². The minimum absolute atomic E-state index is 0.649. The quantitative estimate of drug-likeness (QED) is 0.791. The number of hydrogen-bond donors (Lipinski definition) is 1. The van der Waals surface area contributed by atoms with Gasteiger partial charge in [0.1, 0.15) is 5.75 Å². The van der Waals surface area contributed by atoms with Crippen LogP contribution in [0.25, 0.3) is 0 Å². The number of nitrogen functional groups attached to an aromatic ring is 1. The van der Waals surface area contributed by atoms with Gasteiger partial charge in [-0.15, -0.1) is 0 Å². The van der Waals surface area contributed by atoms with E-state index in [-0.39, 0.29) is 0 Å². The summed E-state index contributed by atoms with van der Waals surface area (Å²) in [5.74, 6) is 0.834. The maximum absolute atomic E-state index is 6.02. The van der Waals surface area contributed by atoms with E-state index < -0.39 is 0 Å². The zero-order valence-electron chi connectivity index (χ0n) is 10.1. The predicted molar refractivity (Wildman–Crippen MR) is 66.8 cm³/mol. The van der Waals surface area contributed by atoms with Crippen molar-refractivity contribution in [2.75, 3.05) is 26.4 Å². The molecule has 1 aromatic rings. The van der Waals surface area contributed by atoms with Crippen LogP contribution in [0.3, 0.4) is 0 Å². The molecule has 0 bridgehead atoms. The van der Waals surface area contributed by atoms with Crippen LogP contribution < -0.4 is 10.5 Å². The van der Waals surface area contributed by atoms with E-state index >= 15 is 0 Å². The van der Waals surface area contributed by atoms with Crippen LogP contribution >= 0.6 is 0 Å². The van der Waals surface area contributed by atoms with Crippen LogP contribution in [0, 0.1) is 0 Å². The van der Waals surface area contributed by atoms with Crippen molar-refractivity contribution >= 4 is 5.69 Å².